The molecule has 0 bridgehead atoms. The molecule has 0 spiro atoms. The second kappa shape index (κ2) is 6.79. The predicted octanol–water partition coefficient (Wildman–Crippen LogP) is 6.73. The summed E-state index contributed by atoms with van der Waals surface area (Å²) in [5, 5.41) is 13.0. The molecule has 0 aliphatic heterocycles. The number of rotatable bonds is 2. The number of nitrogens with one attached hydrogen (secondary N) is 1. The minimum absolute atomic E-state index is 0.0981. The van der Waals surface area contributed by atoms with E-state index in [1.54, 1.807) is 36.4 Å². The molecule has 4 nitrogen and oxygen atoms in total. The van der Waals surface area contributed by atoms with Gasteiger partial charge in [0.2, 0.25) is 0 Å². The quantitative estimate of drug-likeness (QED) is 0.283. The van der Waals surface area contributed by atoms with Crippen molar-refractivity contribution in [2.24, 2.45) is 0 Å². The lowest BCUT2D eigenvalue weighted by atomic mass is 9.98. The molecule has 0 unspecified atom stereocenters. The lowest BCUT2D eigenvalue weighted by Gasteiger charge is -2.09. The van der Waals surface area contributed by atoms with Gasteiger partial charge in [0.05, 0.1) is 11.1 Å². The summed E-state index contributed by atoms with van der Waals surface area (Å²) < 4.78 is 6.40. The van der Waals surface area contributed by atoms with Gasteiger partial charge in [0.15, 0.2) is 0 Å². The number of halogens is 2. The number of aromatic hydroxyl groups is 1. The third-order valence-corrected chi connectivity index (χ3v) is 5.67. The summed E-state index contributed by atoms with van der Waals surface area (Å²) in [4.78, 5) is 16.2. The first kappa shape index (κ1) is 18.0. The SMILES string of the molecule is O=c1oc2ccccc2c(O)c1-c1[nH]c2ccc(Br)cc2c1-c1ccc(Cl)cc1. The maximum atomic E-state index is 12.9. The van der Waals surface area contributed by atoms with E-state index in [4.69, 9.17) is 16.0 Å². The Balaban J connectivity index is 1.91. The monoisotopic (exact) mass is 465 g/mol. The average molecular weight is 467 g/mol. The van der Waals surface area contributed by atoms with E-state index in [9.17, 15) is 9.90 Å². The molecule has 0 atom stereocenters. The minimum Gasteiger partial charge on any atom is -0.506 e. The number of fused-ring (bicyclic) bond motifs is 2. The number of H-pyrrole nitrogens is 1. The summed E-state index contributed by atoms with van der Waals surface area (Å²) in [6, 6.07) is 20.1. The van der Waals surface area contributed by atoms with Crippen LogP contribution in [0.15, 0.2) is 80.4 Å². The lowest BCUT2D eigenvalue weighted by Crippen LogP contribution is -2.04. The van der Waals surface area contributed by atoms with Gasteiger partial charge in [-0.1, -0.05) is 51.8 Å². The summed E-state index contributed by atoms with van der Waals surface area (Å²) in [6.07, 6.45) is 0. The fraction of sp³-hybridized carbons (Fsp3) is 0. The smallest absolute Gasteiger partial charge is 0.349 e. The fourth-order valence-electron chi connectivity index (χ4n) is 3.62. The fourth-order valence-corrected chi connectivity index (χ4v) is 4.11. The lowest BCUT2D eigenvalue weighted by molar-refractivity contribution is 0.471. The van der Waals surface area contributed by atoms with Gasteiger partial charge in [-0.05, 0) is 48.0 Å². The largest absolute Gasteiger partial charge is 0.506 e. The van der Waals surface area contributed by atoms with Crippen LogP contribution in [-0.4, -0.2) is 10.1 Å². The first-order valence-electron chi connectivity index (χ1n) is 8.85. The highest BCUT2D eigenvalue weighted by molar-refractivity contribution is 9.10. The van der Waals surface area contributed by atoms with Gasteiger partial charge in [-0.15, -0.1) is 0 Å². The highest BCUT2D eigenvalue weighted by Crippen LogP contribution is 2.42. The molecule has 0 aliphatic carbocycles. The van der Waals surface area contributed by atoms with E-state index < -0.39 is 5.63 Å². The van der Waals surface area contributed by atoms with E-state index in [0.29, 0.717) is 21.7 Å². The topological polar surface area (TPSA) is 66.2 Å². The first-order chi connectivity index (χ1) is 14.0. The van der Waals surface area contributed by atoms with Crippen molar-refractivity contribution in [1.82, 2.24) is 4.98 Å². The van der Waals surface area contributed by atoms with Gasteiger partial charge in [0.1, 0.15) is 16.9 Å². The summed E-state index contributed by atoms with van der Waals surface area (Å²) >= 11 is 9.58. The number of hydrogen-bond acceptors (Lipinski definition) is 3. The van der Waals surface area contributed by atoms with E-state index in [-0.39, 0.29) is 11.3 Å². The Labute approximate surface area is 178 Å². The molecule has 0 radical (unpaired) electrons. The van der Waals surface area contributed by atoms with Crippen molar-refractivity contribution < 1.29 is 9.52 Å². The van der Waals surface area contributed by atoms with Gasteiger partial charge in [-0.2, -0.15) is 0 Å². The van der Waals surface area contributed by atoms with Crippen LogP contribution in [0, 0.1) is 0 Å². The number of hydrogen-bond donors (Lipinski definition) is 2. The van der Waals surface area contributed by atoms with Crippen molar-refractivity contribution in [3.63, 3.8) is 0 Å². The molecule has 0 saturated heterocycles. The van der Waals surface area contributed by atoms with Gasteiger partial charge < -0.3 is 14.5 Å². The Hall–Kier alpha value is -3.02. The molecular weight excluding hydrogens is 454 g/mol. The molecule has 2 N–H and O–H groups in total. The Kier molecular flexibility index (Phi) is 4.23. The standard InChI is InChI=1S/C23H13BrClNO3/c24-13-7-10-17-16(11-13)19(12-5-8-14(25)9-6-12)21(26-17)20-22(27)15-3-1-2-4-18(15)29-23(20)28/h1-11,26-27H. The normalized spacial score (nSPS) is 11.4. The van der Waals surface area contributed by atoms with Crippen LogP contribution in [0.2, 0.25) is 5.02 Å². The summed E-state index contributed by atoms with van der Waals surface area (Å²) in [5.74, 6) is -0.113. The van der Waals surface area contributed by atoms with Crippen LogP contribution in [0.4, 0.5) is 0 Å². The number of benzene rings is 3. The average Bonchev–Trinajstić information content (AvgIpc) is 3.07. The Bertz CT molecular complexity index is 1450. The molecule has 5 rings (SSSR count). The Morgan fingerprint density at radius 3 is 2.48 bits per heavy atom. The molecule has 29 heavy (non-hydrogen) atoms. The molecule has 3 aromatic carbocycles. The van der Waals surface area contributed by atoms with Crippen molar-refractivity contribution in [3.8, 4) is 28.1 Å². The maximum Gasteiger partial charge on any atom is 0.349 e. The van der Waals surface area contributed by atoms with Crippen LogP contribution in [0.5, 0.6) is 5.75 Å². The van der Waals surface area contributed by atoms with Crippen molar-refractivity contribution >= 4 is 49.4 Å². The maximum absolute atomic E-state index is 12.9. The molecule has 0 fully saturated rings. The van der Waals surface area contributed by atoms with Crippen molar-refractivity contribution in [2.45, 2.75) is 0 Å². The van der Waals surface area contributed by atoms with Gasteiger partial charge >= 0.3 is 5.63 Å². The molecule has 0 saturated carbocycles. The first-order valence-corrected chi connectivity index (χ1v) is 10.0. The second-order valence-corrected chi connectivity index (χ2v) is 8.03. The summed E-state index contributed by atoms with van der Waals surface area (Å²) in [6.45, 7) is 0. The molecule has 142 valence electrons. The minimum atomic E-state index is -0.609. The molecule has 0 aliphatic rings. The van der Waals surface area contributed by atoms with E-state index in [0.717, 1.165) is 26.5 Å². The van der Waals surface area contributed by atoms with Gasteiger partial charge in [0.25, 0.3) is 0 Å². The van der Waals surface area contributed by atoms with Crippen LogP contribution < -0.4 is 5.63 Å². The molecule has 2 heterocycles. The van der Waals surface area contributed by atoms with Crippen LogP contribution in [0.25, 0.3) is 44.3 Å². The van der Waals surface area contributed by atoms with Crippen LogP contribution in [0.3, 0.4) is 0 Å². The molecule has 0 amide bonds. The Morgan fingerprint density at radius 1 is 0.931 bits per heavy atom. The molecule has 6 heteroatoms. The third-order valence-electron chi connectivity index (χ3n) is 4.93. The van der Waals surface area contributed by atoms with E-state index in [2.05, 4.69) is 20.9 Å². The van der Waals surface area contributed by atoms with Gasteiger partial charge in [-0.25, -0.2) is 4.79 Å². The molecular formula is C23H13BrClNO3. The zero-order valence-corrected chi connectivity index (χ0v) is 17.2. The number of aromatic nitrogens is 1. The second-order valence-electron chi connectivity index (χ2n) is 6.68. The van der Waals surface area contributed by atoms with Crippen LogP contribution in [0.1, 0.15) is 0 Å². The van der Waals surface area contributed by atoms with Crippen molar-refractivity contribution in [3.05, 3.63) is 86.6 Å². The predicted molar refractivity (Wildman–Crippen MR) is 120 cm³/mol. The van der Waals surface area contributed by atoms with E-state index in [1.165, 1.54) is 0 Å². The highest BCUT2D eigenvalue weighted by Gasteiger charge is 2.23. The summed E-state index contributed by atoms with van der Waals surface area (Å²) in [7, 11) is 0. The zero-order chi connectivity index (χ0) is 20.1. The van der Waals surface area contributed by atoms with Crippen LogP contribution in [-0.2, 0) is 0 Å². The number of aromatic amines is 1. The molecule has 2 aromatic heterocycles. The molecule has 5 aromatic rings. The van der Waals surface area contributed by atoms with Crippen molar-refractivity contribution in [2.75, 3.05) is 0 Å². The zero-order valence-electron chi connectivity index (χ0n) is 14.9. The third kappa shape index (κ3) is 2.94. The Morgan fingerprint density at radius 2 is 1.69 bits per heavy atom. The van der Waals surface area contributed by atoms with Gasteiger partial charge in [-0.3, -0.25) is 0 Å². The highest BCUT2D eigenvalue weighted by atomic mass is 79.9. The van der Waals surface area contributed by atoms with Gasteiger partial charge in [0, 0.05) is 26.0 Å². The number of para-hydroxylation sites is 1. The van der Waals surface area contributed by atoms with Crippen molar-refractivity contribution in [1.29, 1.82) is 0 Å². The van der Waals surface area contributed by atoms with Crippen LogP contribution >= 0.6 is 27.5 Å². The summed E-state index contributed by atoms with van der Waals surface area (Å²) in [5.41, 5.74) is 2.81. The van der Waals surface area contributed by atoms with E-state index >= 15 is 0 Å². The van der Waals surface area contributed by atoms with E-state index in [1.807, 2.05) is 30.3 Å².